The molecular weight excluding hydrogens is 292 g/mol. The topological polar surface area (TPSA) is 50.8 Å². The van der Waals surface area contributed by atoms with Crippen LogP contribution in [-0.2, 0) is 11.2 Å². The quantitative estimate of drug-likeness (QED) is 0.915. The second-order valence-corrected chi connectivity index (χ2v) is 5.01. The highest BCUT2D eigenvalue weighted by atomic mass is 35.5. The summed E-state index contributed by atoms with van der Waals surface area (Å²) in [4.78, 5) is 14.3. The summed E-state index contributed by atoms with van der Waals surface area (Å²) in [5, 5.41) is 3.29. The standard InChI is InChI=1S/C15H22N2O3.ClH/c1-11-10-16-6-7-17(11)15(18)9-12-4-5-13(19-2)14(8-12)20-3;/h4-5,8,11,16H,6-7,9-10H2,1-3H3;1H/t11-;/m1./s1. The zero-order valence-electron chi connectivity index (χ0n) is 12.7. The second-order valence-electron chi connectivity index (χ2n) is 5.01. The van der Waals surface area contributed by atoms with Crippen molar-refractivity contribution in [3.8, 4) is 11.5 Å². The molecule has 0 spiro atoms. The van der Waals surface area contributed by atoms with Crippen molar-refractivity contribution in [2.75, 3.05) is 33.9 Å². The molecule has 6 heteroatoms. The molecule has 21 heavy (non-hydrogen) atoms. The smallest absolute Gasteiger partial charge is 0.227 e. The van der Waals surface area contributed by atoms with Gasteiger partial charge in [-0.05, 0) is 24.6 Å². The van der Waals surface area contributed by atoms with Crippen molar-refractivity contribution < 1.29 is 14.3 Å². The number of halogens is 1. The van der Waals surface area contributed by atoms with Crippen LogP contribution in [0.4, 0.5) is 0 Å². The van der Waals surface area contributed by atoms with Gasteiger partial charge in [0.25, 0.3) is 0 Å². The molecule has 1 heterocycles. The molecule has 1 fully saturated rings. The molecule has 0 aromatic heterocycles. The highest BCUT2D eigenvalue weighted by Gasteiger charge is 2.23. The Labute approximate surface area is 132 Å². The average Bonchev–Trinajstić information content (AvgIpc) is 2.47. The van der Waals surface area contributed by atoms with Gasteiger partial charge in [0.15, 0.2) is 11.5 Å². The number of rotatable bonds is 4. The Hall–Kier alpha value is -1.46. The summed E-state index contributed by atoms with van der Waals surface area (Å²) >= 11 is 0. The van der Waals surface area contributed by atoms with Gasteiger partial charge in [0, 0.05) is 25.7 Å². The zero-order valence-corrected chi connectivity index (χ0v) is 13.5. The second kappa shape index (κ2) is 8.10. The van der Waals surface area contributed by atoms with Crippen LogP contribution in [0.3, 0.4) is 0 Å². The first-order chi connectivity index (χ1) is 9.65. The van der Waals surface area contributed by atoms with Crippen LogP contribution in [0.1, 0.15) is 12.5 Å². The molecule has 1 atom stereocenters. The van der Waals surface area contributed by atoms with E-state index in [0.29, 0.717) is 17.9 Å². The summed E-state index contributed by atoms with van der Waals surface area (Å²) < 4.78 is 10.5. The molecule has 1 saturated heterocycles. The molecule has 0 aliphatic carbocycles. The maximum Gasteiger partial charge on any atom is 0.227 e. The van der Waals surface area contributed by atoms with Crippen molar-refractivity contribution >= 4 is 18.3 Å². The predicted molar refractivity (Wildman–Crippen MR) is 84.5 cm³/mol. The Morgan fingerprint density at radius 3 is 2.67 bits per heavy atom. The number of piperazine rings is 1. The lowest BCUT2D eigenvalue weighted by Crippen LogP contribution is -2.52. The number of hydrogen-bond donors (Lipinski definition) is 1. The van der Waals surface area contributed by atoms with Gasteiger partial charge in [-0.3, -0.25) is 4.79 Å². The van der Waals surface area contributed by atoms with Gasteiger partial charge in [-0.1, -0.05) is 6.07 Å². The van der Waals surface area contributed by atoms with Crippen LogP contribution in [0, 0.1) is 0 Å². The number of benzene rings is 1. The molecule has 118 valence electrons. The van der Waals surface area contributed by atoms with Crippen LogP contribution >= 0.6 is 12.4 Å². The minimum absolute atomic E-state index is 0. The van der Waals surface area contributed by atoms with Crippen LogP contribution in [0.2, 0.25) is 0 Å². The summed E-state index contributed by atoms with van der Waals surface area (Å²) in [6.07, 6.45) is 0.394. The minimum Gasteiger partial charge on any atom is -0.493 e. The molecule has 0 unspecified atom stereocenters. The first kappa shape index (κ1) is 17.6. The van der Waals surface area contributed by atoms with E-state index in [0.717, 1.165) is 25.2 Å². The van der Waals surface area contributed by atoms with E-state index in [1.54, 1.807) is 14.2 Å². The van der Waals surface area contributed by atoms with E-state index in [1.807, 2.05) is 23.1 Å². The van der Waals surface area contributed by atoms with Crippen molar-refractivity contribution in [1.29, 1.82) is 0 Å². The van der Waals surface area contributed by atoms with E-state index >= 15 is 0 Å². The van der Waals surface area contributed by atoms with Gasteiger partial charge in [-0.15, -0.1) is 12.4 Å². The third-order valence-electron chi connectivity index (χ3n) is 3.62. The fourth-order valence-electron chi connectivity index (χ4n) is 2.48. The average molecular weight is 315 g/mol. The number of carbonyl (C=O) groups excluding carboxylic acids is 1. The van der Waals surface area contributed by atoms with E-state index in [4.69, 9.17) is 9.47 Å². The third-order valence-corrected chi connectivity index (χ3v) is 3.62. The van der Waals surface area contributed by atoms with Crippen molar-refractivity contribution in [2.45, 2.75) is 19.4 Å². The molecule has 1 N–H and O–H groups in total. The first-order valence-corrected chi connectivity index (χ1v) is 6.86. The Kier molecular flexibility index (Phi) is 6.78. The molecule has 1 aromatic rings. The monoisotopic (exact) mass is 314 g/mol. The molecule has 0 bridgehead atoms. The Balaban J connectivity index is 0.00000220. The summed E-state index contributed by atoms with van der Waals surface area (Å²) in [5.74, 6) is 1.50. The molecule has 2 rings (SSSR count). The van der Waals surface area contributed by atoms with Gasteiger partial charge in [-0.2, -0.15) is 0 Å². The predicted octanol–water partition coefficient (Wildman–Crippen LogP) is 1.49. The van der Waals surface area contributed by atoms with Gasteiger partial charge in [0.1, 0.15) is 0 Å². The van der Waals surface area contributed by atoms with Gasteiger partial charge in [0.05, 0.1) is 20.6 Å². The van der Waals surface area contributed by atoms with Crippen LogP contribution in [0.5, 0.6) is 11.5 Å². The molecular formula is C15H23ClN2O3. The number of hydrogen-bond acceptors (Lipinski definition) is 4. The summed E-state index contributed by atoms with van der Waals surface area (Å²) in [7, 11) is 3.20. The van der Waals surface area contributed by atoms with Crippen molar-refractivity contribution in [2.24, 2.45) is 0 Å². The summed E-state index contributed by atoms with van der Waals surface area (Å²) in [5.41, 5.74) is 0.943. The highest BCUT2D eigenvalue weighted by molar-refractivity contribution is 5.85. The molecule has 5 nitrogen and oxygen atoms in total. The number of carbonyl (C=O) groups is 1. The van der Waals surface area contributed by atoms with Crippen LogP contribution in [0.15, 0.2) is 18.2 Å². The molecule has 1 amide bonds. The number of amides is 1. The number of methoxy groups -OCH3 is 2. The van der Waals surface area contributed by atoms with Gasteiger partial charge < -0.3 is 19.7 Å². The third kappa shape index (κ3) is 4.25. The highest BCUT2D eigenvalue weighted by Crippen LogP contribution is 2.27. The van der Waals surface area contributed by atoms with Crippen LogP contribution in [0.25, 0.3) is 0 Å². The van der Waals surface area contributed by atoms with E-state index in [1.165, 1.54) is 0 Å². The minimum atomic E-state index is 0. The maximum absolute atomic E-state index is 12.4. The first-order valence-electron chi connectivity index (χ1n) is 6.86. The van der Waals surface area contributed by atoms with Gasteiger partial charge in [0.2, 0.25) is 5.91 Å². The molecule has 0 radical (unpaired) electrons. The SMILES string of the molecule is COc1ccc(CC(=O)N2CCNC[C@H]2C)cc1OC.Cl. The largest absolute Gasteiger partial charge is 0.493 e. The Bertz CT molecular complexity index is 482. The van der Waals surface area contributed by atoms with E-state index in [2.05, 4.69) is 12.2 Å². The normalized spacial score (nSPS) is 17.9. The zero-order chi connectivity index (χ0) is 14.5. The van der Waals surface area contributed by atoms with Crippen LogP contribution < -0.4 is 14.8 Å². The lowest BCUT2D eigenvalue weighted by Gasteiger charge is -2.34. The van der Waals surface area contributed by atoms with Crippen LogP contribution in [-0.4, -0.2) is 50.7 Å². The van der Waals surface area contributed by atoms with Crippen molar-refractivity contribution in [3.63, 3.8) is 0 Å². The number of nitrogens with one attached hydrogen (secondary N) is 1. The van der Waals surface area contributed by atoms with E-state index < -0.39 is 0 Å². The van der Waals surface area contributed by atoms with E-state index in [9.17, 15) is 4.79 Å². The van der Waals surface area contributed by atoms with Gasteiger partial charge in [-0.25, -0.2) is 0 Å². The maximum atomic E-state index is 12.4. The lowest BCUT2D eigenvalue weighted by molar-refractivity contribution is -0.133. The number of nitrogens with zero attached hydrogens (tertiary/aromatic N) is 1. The Morgan fingerprint density at radius 1 is 1.33 bits per heavy atom. The summed E-state index contributed by atoms with van der Waals surface area (Å²) in [6, 6.07) is 5.86. The molecule has 1 aliphatic heterocycles. The summed E-state index contributed by atoms with van der Waals surface area (Å²) in [6.45, 7) is 4.56. The van der Waals surface area contributed by atoms with Gasteiger partial charge >= 0.3 is 0 Å². The molecule has 0 saturated carbocycles. The van der Waals surface area contributed by atoms with Crippen molar-refractivity contribution in [3.05, 3.63) is 23.8 Å². The lowest BCUT2D eigenvalue weighted by atomic mass is 10.1. The van der Waals surface area contributed by atoms with Crippen molar-refractivity contribution in [1.82, 2.24) is 10.2 Å². The van der Waals surface area contributed by atoms with E-state index in [-0.39, 0.29) is 24.4 Å². The fraction of sp³-hybridized carbons (Fsp3) is 0.533. The molecule has 1 aliphatic rings. The number of ether oxygens (including phenoxy) is 2. The Morgan fingerprint density at radius 2 is 2.05 bits per heavy atom. The molecule has 1 aromatic carbocycles. The fourth-order valence-corrected chi connectivity index (χ4v) is 2.48.